The lowest BCUT2D eigenvalue weighted by atomic mass is 9.96. The van der Waals surface area contributed by atoms with Crippen LogP contribution < -0.4 is 15.4 Å². The number of aliphatic imine (C=N–C) groups is 1. The molecule has 0 unspecified atom stereocenters. The number of halogens is 1. The van der Waals surface area contributed by atoms with Crippen molar-refractivity contribution in [2.45, 2.75) is 31.7 Å². The molecule has 0 saturated heterocycles. The van der Waals surface area contributed by atoms with E-state index >= 15 is 0 Å². The van der Waals surface area contributed by atoms with Crippen LogP contribution in [0.2, 0.25) is 0 Å². The van der Waals surface area contributed by atoms with Gasteiger partial charge in [0.2, 0.25) is 0 Å². The zero-order chi connectivity index (χ0) is 17.5. The molecule has 1 aliphatic carbocycles. The Morgan fingerprint density at radius 1 is 1.04 bits per heavy atom. The van der Waals surface area contributed by atoms with Gasteiger partial charge in [-0.15, -0.1) is 24.0 Å². The smallest absolute Gasteiger partial charge is 0.191 e. The summed E-state index contributed by atoms with van der Waals surface area (Å²) in [4.78, 5) is 4.73. The van der Waals surface area contributed by atoms with E-state index in [2.05, 4.69) is 54.0 Å². The number of hydrogen-bond donors (Lipinski definition) is 2. The number of benzene rings is 2. The molecule has 0 amide bonds. The van der Waals surface area contributed by atoms with Crippen molar-refractivity contribution in [2.24, 2.45) is 4.99 Å². The maximum absolute atomic E-state index is 5.41. The van der Waals surface area contributed by atoms with E-state index in [1.807, 2.05) is 18.2 Å². The van der Waals surface area contributed by atoms with Crippen LogP contribution in [0.3, 0.4) is 0 Å². The second-order valence-corrected chi connectivity index (χ2v) is 6.51. The van der Waals surface area contributed by atoms with Crippen LogP contribution in [0.15, 0.2) is 59.6 Å². The molecular weight excluding hydrogens is 437 g/mol. The van der Waals surface area contributed by atoms with E-state index in [1.165, 1.54) is 18.4 Å². The number of ether oxygens (including phenoxy) is 1. The summed E-state index contributed by atoms with van der Waals surface area (Å²) >= 11 is 0. The summed E-state index contributed by atoms with van der Waals surface area (Å²) in [5, 5.41) is 6.87. The maximum Gasteiger partial charge on any atom is 0.191 e. The Labute approximate surface area is 173 Å². The minimum atomic E-state index is 0. The van der Waals surface area contributed by atoms with Crippen LogP contribution >= 0.6 is 24.0 Å². The largest absolute Gasteiger partial charge is 0.496 e. The van der Waals surface area contributed by atoms with Gasteiger partial charge in [-0.2, -0.15) is 0 Å². The first-order valence-electron chi connectivity index (χ1n) is 8.97. The molecule has 1 aliphatic rings. The number of para-hydroxylation sites is 1. The Morgan fingerprint density at radius 2 is 1.73 bits per heavy atom. The van der Waals surface area contributed by atoms with Crippen molar-refractivity contribution in [3.63, 3.8) is 0 Å². The maximum atomic E-state index is 5.41. The second-order valence-electron chi connectivity index (χ2n) is 6.51. The highest BCUT2D eigenvalue weighted by atomic mass is 127. The summed E-state index contributed by atoms with van der Waals surface area (Å²) in [6.45, 7) is 4.44. The number of nitrogens with zero attached hydrogens (tertiary/aromatic N) is 1. The standard InChI is InChI=1S/C21H27N3O.HI/c1-3-22-20(23-15-17-9-7-8-12-19(17)25-2)24-16-21(13-14-21)18-10-5-4-6-11-18;/h4-12H,3,13-16H2,1-2H3,(H2,22,23,24);1H. The lowest BCUT2D eigenvalue weighted by molar-refractivity contribution is 0.410. The van der Waals surface area contributed by atoms with Gasteiger partial charge in [0.15, 0.2) is 5.96 Å². The third-order valence-electron chi connectivity index (χ3n) is 4.78. The lowest BCUT2D eigenvalue weighted by Crippen LogP contribution is -2.41. The molecule has 0 aromatic heterocycles. The molecule has 2 aromatic carbocycles. The van der Waals surface area contributed by atoms with Gasteiger partial charge in [-0.25, -0.2) is 4.99 Å². The second kappa shape index (κ2) is 9.80. The summed E-state index contributed by atoms with van der Waals surface area (Å²) in [5.41, 5.74) is 2.77. The molecule has 1 saturated carbocycles. The van der Waals surface area contributed by atoms with E-state index in [9.17, 15) is 0 Å². The Hall–Kier alpha value is -1.76. The number of guanidine groups is 1. The van der Waals surface area contributed by atoms with E-state index in [4.69, 9.17) is 9.73 Å². The van der Waals surface area contributed by atoms with Crippen LogP contribution in [0.25, 0.3) is 0 Å². The Balaban J connectivity index is 0.00000243. The molecule has 26 heavy (non-hydrogen) atoms. The van der Waals surface area contributed by atoms with Crippen molar-refractivity contribution in [1.82, 2.24) is 10.6 Å². The predicted molar refractivity (Wildman–Crippen MR) is 119 cm³/mol. The molecule has 0 heterocycles. The van der Waals surface area contributed by atoms with Crippen LogP contribution in [-0.2, 0) is 12.0 Å². The average Bonchev–Trinajstić information content (AvgIpc) is 3.46. The first kappa shape index (κ1) is 20.6. The summed E-state index contributed by atoms with van der Waals surface area (Å²) in [5.74, 6) is 1.74. The summed E-state index contributed by atoms with van der Waals surface area (Å²) in [6.07, 6.45) is 2.46. The van der Waals surface area contributed by atoms with Crippen LogP contribution in [-0.4, -0.2) is 26.2 Å². The number of rotatable bonds is 7. The van der Waals surface area contributed by atoms with Crippen LogP contribution in [0.5, 0.6) is 5.75 Å². The quantitative estimate of drug-likeness (QED) is 0.368. The molecule has 2 N–H and O–H groups in total. The normalized spacial score (nSPS) is 14.9. The molecule has 3 rings (SSSR count). The molecule has 2 aromatic rings. The molecule has 0 radical (unpaired) electrons. The molecule has 4 nitrogen and oxygen atoms in total. The molecule has 0 aliphatic heterocycles. The van der Waals surface area contributed by atoms with Gasteiger partial charge < -0.3 is 15.4 Å². The van der Waals surface area contributed by atoms with Gasteiger partial charge in [-0.1, -0.05) is 48.5 Å². The highest BCUT2D eigenvalue weighted by molar-refractivity contribution is 14.0. The van der Waals surface area contributed by atoms with Crippen molar-refractivity contribution in [3.8, 4) is 5.75 Å². The number of methoxy groups -OCH3 is 1. The highest BCUT2D eigenvalue weighted by Crippen LogP contribution is 2.47. The minimum Gasteiger partial charge on any atom is -0.496 e. The molecule has 1 fully saturated rings. The van der Waals surface area contributed by atoms with Gasteiger partial charge in [0, 0.05) is 24.1 Å². The topological polar surface area (TPSA) is 45.7 Å². The summed E-state index contributed by atoms with van der Waals surface area (Å²) in [7, 11) is 1.70. The highest BCUT2D eigenvalue weighted by Gasteiger charge is 2.43. The van der Waals surface area contributed by atoms with Crippen molar-refractivity contribution in [2.75, 3.05) is 20.2 Å². The fraction of sp³-hybridized carbons (Fsp3) is 0.381. The Morgan fingerprint density at radius 3 is 2.38 bits per heavy atom. The first-order valence-corrected chi connectivity index (χ1v) is 8.97. The third-order valence-corrected chi connectivity index (χ3v) is 4.78. The van der Waals surface area contributed by atoms with Crippen LogP contribution in [0.1, 0.15) is 30.9 Å². The van der Waals surface area contributed by atoms with Crippen LogP contribution in [0, 0.1) is 0 Å². The van der Waals surface area contributed by atoms with Gasteiger partial charge in [0.1, 0.15) is 5.75 Å². The number of nitrogens with one attached hydrogen (secondary N) is 2. The van der Waals surface area contributed by atoms with Gasteiger partial charge in [-0.3, -0.25) is 0 Å². The van der Waals surface area contributed by atoms with Gasteiger partial charge in [-0.05, 0) is 31.4 Å². The lowest BCUT2D eigenvalue weighted by Gasteiger charge is -2.19. The zero-order valence-electron chi connectivity index (χ0n) is 15.5. The molecule has 0 spiro atoms. The average molecular weight is 465 g/mol. The number of hydrogen-bond acceptors (Lipinski definition) is 2. The SMILES string of the molecule is CCNC(=NCc1ccccc1OC)NCC1(c2ccccc2)CC1.I. The van der Waals surface area contributed by atoms with Crippen molar-refractivity contribution < 1.29 is 4.74 Å². The molecule has 140 valence electrons. The van der Waals surface area contributed by atoms with E-state index in [-0.39, 0.29) is 29.4 Å². The van der Waals surface area contributed by atoms with Gasteiger partial charge in [0.05, 0.1) is 13.7 Å². The fourth-order valence-corrected chi connectivity index (χ4v) is 3.10. The Kier molecular flexibility index (Phi) is 7.75. The van der Waals surface area contributed by atoms with Gasteiger partial charge >= 0.3 is 0 Å². The molecular formula is C21H28IN3O. The first-order chi connectivity index (χ1) is 12.3. The summed E-state index contributed by atoms with van der Waals surface area (Å²) < 4.78 is 5.41. The molecule has 0 bridgehead atoms. The van der Waals surface area contributed by atoms with Crippen molar-refractivity contribution in [3.05, 3.63) is 65.7 Å². The Bertz CT molecular complexity index is 714. The fourth-order valence-electron chi connectivity index (χ4n) is 3.10. The monoisotopic (exact) mass is 465 g/mol. The molecule has 5 heteroatoms. The summed E-state index contributed by atoms with van der Waals surface area (Å²) in [6, 6.07) is 18.8. The zero-order valence-corrected chi connectivity index (χ0v) is 17.8. The van der Waals surface area contributed by atoms with E-state index < -0.39 is 0 Å². The van der Waals surface area contributed by atoms with E-state index in [1.54, 1.807) is 7.11 Å². The van der Waals surface area contributed by atoms with E-state index in [0.717, 1.165) is 30.4 Å². The predicted octanol–water partition coefficient (Wildman–Crippen LogP) is 4.10. The minimum absolute atomic E-state index is 0. The van der Waals surface area contributed by atoms with Gasteiger partial charge in [0.25, 0.3) is 0 Å². The van der Waals surface area contributed by atoms with E-state index in [0.29, 0.717) is 6.54 Å². The molecule has 0 atom stereocenters. The van der Waals surface area contributed by atoms with Crippen LogP contribution in [0.4, 0.5) is 0 Å². The van der Waals surface area contributed by atoms with Crippen molar-refractivity contribution in [1.29, 1.82) is 0 Å². The van der Waals surface area contributed by atoms with Crippen molar-refractivity contribution >= 4 is 29.9 Å². The third kappa shape index (κ3) is 5.13.